The zero-order valence-electron chi connectivity index (χ0n) is 13.3. The lowest BCUT2D eigenvalue weighted by Crippen LogP contribution is -2.28. The maximum absolute atomic E-state index is 12.9. The maximum atomic E-state index is 12.9. The quantitative estimate of drug-likeness (QED) is 0.681. The average Bonchev–Trinajstić information content (AvgIpc) is 3.10. The minimum absolute atomic E-state index is 0.139. The van der Waals surface area contributed by atoms with Crippen LogP contribution in [0.15, 0.2) is 58.4 Å². The standard InChI is InChI=1S/C17H15FN4O2S/c1-11(12-4-6-14(18)7-5-12)20-15(23)10-25-17-22-21-16(24-17)13-3-2-8-19-9-13/h2-9,11H,10H2,1H3,(H,20,23)/t11-/m0/s1. The summed E-state index contributed by atoms with van der Waals surface area (Å²) < 4.78 is 18.4. The molecule has 25 heavy (non-hydrogen) atoms. The Hall–Kier alpha value is -2.74. The molecule has 0 saturated heterocycles. The van der Waals surface area contributed by atoms with Crippen LogP contribution in [0.4, 0.5) is 4.39 Å². The van der Waals surface area contributed by atoms with Crippen LogP contribution >= 0.6 is 11.8 Å². The molecule has 1 amide bonds. The van der Waals surface area contributed by atoms with E-state index in [1.807, 2.05) is 13.0 Å². The van der Waals surface area contributed by atoms with Crippen LogP contribution in [0.25, 0.3) is 11.5 Å². The molecule has 0 aliphatic rings. The van der Waals surface area contributed by atoms with Gasteiger partial charge in [0.25, 0.3) is 5.22 Å². The molecule has 0 unspecified atom stereocenters. The van der Waals surface area contributed by atoms with Crippen molar-refractivity contribution in [3.05, 3.63) is 60.2 Å². The molecule has 2 aromatic heterocycles. The van der Waals surface area contributed by atoms with Gasteiger partial charge in [0.1, 0.15) is 5.82 Å². The first-order chi connectivity index (χ1) is 12.1. The Bertz CT molecular complexity index is 839. The van der Waals surface area contributed by atoms with Crippen molar-refractivity contribution >= 4 is 17.7 Å². The number of benzene rings is 1. The molecule has 128 valence electrons. The van der Waals surface area contributed by atoms with E-state index in [4.69, 9.17) is 4.42 Å². The number of pyridine rings is 1. The lowest BCUT2D eigenvalue weighted by molar-refractivity contribution is -0.119. The van der Waals surface area contributed by atoms with Crippen LogP contribution in [0.2, 0.25) is 0 Å². The predicted molar refractivity (Wildman–Crippen MR) is 91.2 cm³/mol. The van der Waals surface area contributed by atoms with Crippen LogP contribution < -0.4 is 5.32 Å². The third-order valence-electron chi connectivity index (χ3n) is 3.39. The average molecular weight is 358 g/mol. The number of aromatic nitrogens is 3. The maximum Gasteiger partial charge on any atom is 0.277 e. The fourth-order valence-corrected chi connectivity index (χ4v) is 2.69. The number of amides is 1. The van der Waals surface area contributed by atoms with Gasteiger partial charge in [-0.25, -0.2) is 4.39 Å². The number of hydrogen-bond donors (Lipinski definition) is 1. The van der Waals surface area contributed by atoms with E-state index in [1.165, 1.54) is 12.1 Å². The summed E-state index contributed by atoms with van der Waals surface area (Å²) in [5, 5.41) is 11.0. The van der Waals surface area contributed by atoms with Gasteiger partial charge in [0.2, 0.25) is 11.8 Å². The summed E-state index contributed by atoms with van der Waals surface area (Å²) in [4.78, 5) is 16.0. The van der Waals surface area contributed by atoms with Crippen LogP contribution in [0.3, 0.4) is 0 Å². The topological polar surface area (TPSA) is 80.9 Å². The van der Waals surface area contributed by atoms with Crippen molar-refractivity contribution in [3.63, 3.8) is 0 Å². The largest absolute Gasteiger partial charge is 0.411 e. The predicted octanol–water partition coefficient (Wildman–Crippen LogP) is 3.24. The first-order valence-electron chi connectivity index (χ1n) is 7.53. The number of nitrogens with one attached hydrogen (secondary N) is 1. The molecule has 0 radical (unpaired) electrons. The highest BCUT2D eigenvalue weighted by Crippen LogP contribution is 2.22. The second-order valence-corrected chi connectivity index (χ2v) is 6.17. The smallest absolute Gasteiger partial charge is 0.277 e. The molecule has 0 bridgehead atoms. The molecule has 3 rings (SSSR count). The Kier molecular flexibility index (Phi) is 5.39. The van der Waals surface area contributed by atoms with E-state index in [0.29, 0.717) is 11.1 Å². The van der Waals surface area contributed by atoms with Crippen molar-refractivity contribution in [2.24, 2.45) is 0 Å². The molecule has 0 aliphatic heterocycles. The van der Waals surface area contributed by atoms with E-state index in [0.717, 1.165) is 22.9 Å². The minimum atomic E-state index is -0.307. The van der Waals surface area contributed by atoms with Gasteiger partial charge >= 0.3 is 0 Å². The number of rotatable bonds is 6. The number of nitrogens with zero attached hydrogens (tertiary/aromatic N) is 3. The molecular formula is C17H15FN4O2S. The van der Waals surface area contributed by atoms with Gasteiger partial charge in [-0.15, -0.1) is 10.2 Å². The zero-order chi connectivity index (χ0) is 17.6. The summed E-state index contributed by atoms with van der Waals surface area (Å²) in [6, 6.07) is 9.39. The lowest BCUT2D eigenvalue weighted by Gasteiger charge is -2.13. The Morgan fingerprint density at radius 1 is 1.28 bits per heavy atom. The normalized spacial score (nSPS) is 11.9. The third kappa shape index (κ3) is 4.63. The van der Waals surface area contributed by atoms with Crippen LogP contribution in [0.5, 0.6) is 0 Å². The molecule has 0 spiro atoms. The summed E-state index contributed by atoms with van der Waals surface area (Å²) in [6.07, 6.45) is 3.28. The summed E-state index contributed by atoms with van der Waals surface area (Å²) >= 11 is 1.15. The van der Waals surface area contributed by atoms with Gasteiger partial charge < -0.3 is 9.73 Å². The highest BCUT2D eigenvalue weighted by Gasteiger charge is 2.13. The molecule has 0 aliphatic carbocycles. The summed E-state index contributed by atoms with van der Waals surface area (Å²) in [5.41, 5.74) is 1.55. The van der Waals surface area contributed by atoms with Crippen LogP contribution in [-0.4, -0.2) is 26.8 Å². The Labute approximate surface area is 147 Å². The van der Waals surface area contributed by atoms with Gasteiger partial charge in [-0.2, -0.15) is 0 Å². The number of hydrogen-bond acceptors (Lipinski definition) is 6. The van der Waals surface area contributed by atoms with E-state index in [-0.39, 0.29) is 23.5 Å². The van der Waals surface area contributed by atoms with Crippen LogP contribution in [0.1, 0.15) is 18.5 Å². The van der Waals surface area contributed by atoms with E-state index < -0.39 is 0 Å². The molecule has 1 aromatic carbocycles. The highest BCUT2D eigenvalue weighted by molar-refractivity contribution is 7.99. The SMILES string of the molecule is C[C@H](NC(=O)CSc1nnc(-c2cccnc2)o1)c1ccc(F)cc1. The second kappa shape index (κ2) is 7.89. The molecule has 8 heteroatoms. The first-order valence-corrected chi connectivity index (χ1v) is 8.52. The first kappa shape index (κ1) is 17.1. The number of carbonyl (C=O) groups excluding carboxylic acids is 1. The molecule has 0 saturated carbocycles. The monoisotopic (exact) mass is 358 g/mol. The zero-order valence-corrected chi connectivity index (χ0v) is 14.2. The van der Waals surface area contributed by atoms with Crippen molar-refractivity contribution in [1.29, 1.82) is 0 Å². The number of thioether (sulfide) groups is 1. The van der Waals surface area contributed by atoms with Crippen LogP contribution in [-0.2, 0) is 4.79 Å². The Morgan fingerprint density at radius 2 is 2.08 bits per heavy atom. The Morgan fingerprint density at radius 3 is 2.80 bits per heavy atom. The fraction of sp³-hybridized carbons (Fsp3) is 0.176. The van der Waals surface area contributed by atoms with Crippen molar-refractivity contribution in [2.45, 2.75) is 18.2 Å². The Balaban J connectivity index is 1.52. The van der Waals surface area contributed by atoms with Crippen molar-refractivity contribution in [1.82, 2.24) is 20.5 Å². The second-order valence-electron chi connectivity index (χ2n) is 5.24. The summed E-state index contributed by atoms with van der Waals surface area (Å²) in [7, 11) is 0. The van der Waals surface area contributed by atoms with Gasteiger partial charge in [0, 0.05) is 12.4 Å². The van der Waals surface area contributed by atoms with Crippen molar-refractivity contribution < 1.29 is 13.6 Å². The lowest BCUT2D eigenvalue weighted by atomic mass is 10.1. The van der Waals surface area contributed by atoms with Gasteiger partial charge in [-0.3, -0.25) is 9.78 Å². The summed E-state index contributed by atoms with van der Waals surface area (Å²) in [5.74, 6) is 0.0116. The summed E-state index contributed by atoms with van der Waals surface area (Å²) in [6.45, 7) is 1.84. The number of carbonyl (C=O) groups is 1. The molecule has 2 heterocycles. The van der Waals surface area contributed by atoms with Crippen LogP contribution in [0, 0.1) is 5.82 Å². The van der Waals surface area contributed by atoms with Gasteiger partial charge in [-0.1, -0.05) is 23.9 Å². The van der Waals surface area contributed by atoms with Crippen molar-refractivity contribution in [3.8, 4) is 11.5 Å². The van der Waals surface area contributed by atoms with Gasteiger partial charge in [-0.05, 0) is 36.8 Å². The highest BCUT2D eigenvalue weighted by atomic mass is 32.2. The van der Waals surface area contributed by atoms with Crippen molar-refractivity contribution in [2.75, 3.05) is 5.75 Å². The van der Waals surface area contributed by atoms with Gasteiger partial charge in [0.05, 0.1) is 17.4 Å². The number of halogens is 1. The molecule has 1 N–H and O–H groups in total. The molecule has 6 nitrogen and oxygen atoms in total. The van der Waals surface area contributed by atoms with E-state index in [1.54, 1.807) is 30.6 Å². The minimum Gasteiger partial charge on any atom is -0.411 e. The molecule has 1 atom stereocenters. The van der Waals surface area contributed by atoms with Gasteiger partial charge in [0.15, 0.2) is 0 Å². The van der Waals surface area contributed by atoms with E-state index >= 15 is 0 Å². The molecular weight excluding hydrogens is 343 g/mol. The fourth-order valence-electron chi connectivity index (χ4n) is 2.12. The third-order valence-corrected chi connectivity index (χ3v) is 4.21. The molecule has 0 fully saturated rings. The van der Waals surface area contributed by atoms with E-state index in [9.17, 15) is 9.18 Å². The van der Waals surface area contributed by atoms with E-state index in [2.05, 4.69) is 20.5 Å². The molecule has 3 aromatic rings.